The maximum atomic E-state index is 12.4. The molecule has 0 aromatic heterocycles. The first-order valence-electron chi connectivity index (χ1n) is 7.89. The zero-order valence-corrected chi connectivity index (χ0v) is 15.7. The molecule has 0 N–H and O–H groups in total. The Labute approximate surface area is 161 Å². The summed E-state index contributed by atoms with van der Waals surface area (Å²) in [7, 11) is 0. The molecule has 0 unspecified atom stereocenters. The molecule has 0 bridgehead atoms. The van der Waals surface area contributed by atoms with Crippen molar-refractivity contribution in [3.05, 3.63) is 57.5 Å². The smallest absolute Gasteiger partial charge is 0.260 e. The van der Waals surface area contributed by atoms with Crippen molar-refractivity contribution in [1.82, 2.24) is 4.90 Å². The Morgan fingerprint density at radius 3 is 2.40 bits per heavy atom. The average Bonchev–Trinajstić information content (AvgIpc) is 2.62. The Bertz CT molecular complexity index is 762. The number of hydrogen-bond acceptors (Lipinski definition) is 3. The monoisotopic (exact) mass is 398 g/mol. The lowest BCUT2D eigenvalue weighted by Gasteiger charge is -2.36. The Hall–Kier alpha value is -1.62. The highest BCUT2D eigenvalue weighted by atomic mass is 35.5. The van der Waals surface area contributed by atoms with Crippen LogP contribution in [0.2, 0.25) is 15.1 Å². The first-order valence-corrected chi connectivity index (χ1v) is 9.02. The van der Waals surface area contributed by atoms with Crippen molar-refractivity contribution in [3.8, 4) is 5.75 Å². The summed E-state index contributed by atoms with van der Waals surface area (Å²) >= 11 is 18.0. The SMILES string of the molecule is O=C(COc1cc(Cl)ccc1Cl)N1CCN(c2cccc(Cl)c2)CC1. The maximum Gasteiger partial charge on any atom is 0.260 e. The van der Waals surface area contributed by atoms with E-state index in [2.05, 4.69) is 4.90 Å². The van der Waals surface area contributed by atoms with Crippen molar-refractivity contribution in [2.24, 2.45) is 0 Å². The molecule has 7 heteroatoms. The number of benzene rings is 2. The number of carbonyl (C=O) groups is 1. The van der Waals surface area contributed by atoms with Gasteiger partial charge >= 0.3 is 0 Å². The van der Waals surface area contributed by atoms with Crippen LogP contribution in [0, 0.1) is 0 Å². The van der Waals surface area contributed by atoms with Crippen LogP contribution in [0.5, 0.6) is 5.75 Å². The van der Waals surface area contributed by atoms with E-state index in [1.165, 1.54) is 0 Å². The number of piperazine rings is 1. The van der Waals surface area contributed by atoms with Gasteiger partial charge in [-0.05, 0) is 30.3 Å². The molecule has 0 spiro atoms. The van der Waals surface area contributed by atoms with Gasteiger partial charge in [0.1, 0.15) is 5.75 Å². The summed E-state index contributed by atoms with van der Waals surface area (Å²) < 4.78 is 5.52. The first kappa shape index (κ1) is 18.2. The second-order valence-electron chi connectivity index (χ2n) is 5.71. The van der Waals surface area contributed by atoms with E-state index in [9.17, 15) is 4.79 Å². The molecule has 0 atom stereocenters. The van der Waals surface area contributed by atoms with Crippen molar-refractivity contribution in [2.75, 3.05) is 37.7 Å². The summed E-state index contributed by atoms with van der Waals surface area (Å²) in [6.45, 7) is 2.72. The molecule has 2 aromatic carbocycles. The molecular formula is C18H17Cl3N2O2. The Balaban J connectivity index is 1.52. The van der Waals surface area contributed by atoms with Crippen LogP contribution in [-0.4, -0.2) is 43.6 Å². The zero-order valence-electron chi connectivity index (χ0n) is 13.4. The van der Waals surface area contributed by atoms with E-state index >= 15 is 0 Å². The summed E-state index contributed by atoms with van der Waals surface area (Å²) in [4.78, 5) is 16.4. The molecule has 1 aliphatic heterocycles. The number of anilines is 1. The van der Waals surface area contributed by atoms with Crippen LogP contribution < -0.4 is 9.64 Å². The highest BCUT2D eigenvalue weighted by Crippen LogP contribution is 2.27. The summed E-state index contributed by atoms with van der Waals surface area (Å²) in [5.74, 6) is 0.349. The van der Waals surface area contributed by atoms with Gasteiger partial charge in [-0.25, -0.2) is 0 Å². The van der Waals surface area contributed by atoms with Gasteiger partial charge in [0.15, 0.2) is 6.61 Å². The highest BCUT2D eigenvalue weighted by molar-refractivity contribution is 6.34. The largest absolute Gasteiger partial charge is 0.482 e. The topological polar surface area (TPSA) is 32.8 Å². The second kappa shape index (κ2) is 8.17. The van der Waals surface area contributed by atoms with Crippen LogP contribution in [0.3, 0.4) is 0 Å². The quantitative estimate of drug-likeness (QED) is 0.765. The van der Waals surface area contributed by atoms with Gasteiger partial charge in [0, 0.05) is 48.0 Å². The zero-order chi connectivity index (χ0) is 17.8. The Kier molecular flexibility index (Phi) is 5.94. The Morgan fingerprint density at radius 1 is 0.960 bits per heavy atom. The third-order valence-electron chi connectivity index (χ3n) is 4.05. The number of amides is 1. The molecule has 0 radical (unpaired) electrons. The number of hydrogen-bond donors (Lipinski definition) is 0. The normalized spacial score (nSPS) is 14.5. The van der Waals surface area contributed by atoms with Crippen LogP contribution in [-0.2, 0) is 4.79 Å². The summed E-state index contributed by atoms with van der Waals surface area (Å²) in [5, 5.41) is 1.66. The highest BCUT2D eigenvalue weighted by Gasteiger charge is 2.22. The molecule has 1 amide bonds. The fourth-order valence-corrected chi connectivity index (χ4v) is 3.22. The van der Waals surface area contributed by atoms with E-state index < -0.39 is 0 Å². The van der Waals surface area contributed by atoms with Crippen LogP contribution in [0.1, 0.15) is 0 Å². The van der Waals surface area contributed by atoms with Gasteiger partial charge in [-0.3, -0.25) is 4.79 Å². The predicted octanol–water partition coefficient (Wildman–Crippen LogP) is 4.37. The molecule has 2 aromatic rings. The van der Waals surface area contributed by atoms with Gasteiger partial charge < -0.3 is 14.5 Å². The van der Waals surface area contributed by atoms with Gasteiger partial charge in [-0.1, -0.05) is 40.9 Å². The van der Waals surface area contributed by atoms with E-state index in [0.717, 1.165) is 18.8 Å². The standard InChI is InChI=1S/C18H17Cl3N2O2/c19-13-2-1-3-15(10-13)22-6-8-23(9-7-22)18(24)12-25-17-11-14(20)4-5-16(17)21/h1-5,10-11H,6-9,12H2. The van der Waals surface area contributed by atoms with Crippen LogP contribution in [0.25, 0.3) is 0 Å². The average molecular weight is 400 g/mol. The second-order valence-corrected chi connectivity index (χ2v) is 6.99. The number of halogens is 3. The molecule has 4 nitrogen and oxygen atoms in total. The lowest BCUT2D eigenvalue weighted by molar-refractivity contribution is -0.133. The van der Waals surface area contributed by atoms with E-state index in [-0.39, 0.29) is 12.5 Å². The third-order valence-corrected chi connectivity index (χ3v) is 4.83. The minimum Gasteiger partial charge on any atom is -0.482 e. The number of nitrogens with zero attached hydrogens (tertiary/aromatic N) is 2. The van der Waals surface area contributed by atoms with Crippen molar-refractivity contribution in [2.45, 2.75) is 0 Å². The summed E-state index contributed by atoms with van der Waals surface area (Å²) in [6.07, 6.45) is 0. The number of rotatable bonds is 4. The third kappa shape index (κ3) is 4.72. The molecule has 0 aliphatic carbocycles. The fourth-order valence-electron chi connectivity index (χ4n) is 2.71. The van der Waals surface area contributed by atoms with E-state index in [4.69, 9.17) is 39.5 Å². The minimum atomic E-state index is -0.0678. The van der Waals surface area contributed by atoms with Gasteiger partial charge in [0.2, 0.25) is 0 Å². The maximum absolute atomic E-state index is 12.4. The van der Waals surface area contributed by atoms with Crippen LogP contribution in [0.4, 0.5) is 5.69 Å². The van der Waals surface area contributed by atoms with Crippen molar-refractivity contribution in [3.63, 3.8) is 0 Å². The van der Waals surface area contributed by atoms with Crippen LogP contribution in [0.15, 0.2) is 42.5 Å². The first-order chi connectivity index (χ1) is 12.0. The van der Waals surface area contributed by atoms with Crippen molar-refractivity contribution < 1.29 is 9.53 Å². The number of ether oxygens (including phenoxy) is 1. The van der Waals surface area contributed by atoms with Gasteiger partial charge in [0.25, 0.3) is 5.91 Å². The van der Waals surface area contributed by atoms with Gasteiger partial charge in [-0.2, -0.15) is 0 Å². The molecular weight excluding hydrogens is 383 g/mol. The van der Waals surface area contributed by atoms with Crippen molar-refractivity contribution in [1.29, 1.82) is 0 Å². The minimum absolute atomic E-state index is 0.0583. The lowest BCUT2D eigenvalue weighted by Crippen LogP contribution is -2.50. The molecule has 1 saturated heterocycles. The van der Waals surface area contributed by atoms with E-state index in [1.54, 1.807) is 23.1 Å². The molecule has 0 saturated carbocycles. The molecule has 1 aliphatic rings. The number of carbonyl (C=O) groups excluding carboxylic acids is 1. The van der Waals surface area contributed by atoms with Crippen molar-refractivity contribution >= 4 is 46.4 Å². The molecule has 1 fully saturated rings. The molecule has 3 rings (SSSR count). The molecule has 132 valence electrons. The fraction of sp³-hybridized carbons (Fsp3) is 0.278. The van der Waals surface area contributed by atoms with E-state index in [1.807, 2.05) is 24.3 Å². The van der Waals surface area contributed by atoms with Gasteiger partial charge in [0.05, 0.1) is 5.02 Å². The van der Waals surface area contributed by atoms with Crippen LogP contribution >= 0.6 is 34.8 Å². The summed E-state index contributed by atoms with van der Waals surface area (Å²) in [5.41, 5.74) is 1.07. The van der Waals surface area contributed by atoms with E-state index in [0.29, 0.717) is 33.9 Å². The van der Waals surface area contributed by atoms with Gasteiger partial charge in [-0.15, -0.1) is 0 Å². The molecule has 25 heavy (non-hydrogen) atoms. The summed E-state index contributed by atoms with van der Waals surface area (Å²) in [6, 6.07) is 12.7. The lowest BCUT2D eigenvalue weighted by atomic mass is 10.2. The molecule has 1 heterocycles. The predicted molar refractivity (Wildman–Crippen MR) is 102 cm³/mol. The Morgan fingerprint density at radius 2 is 1.68 bits per heavy atom.